The highest BCUT2D eigenvalue weighted by atomic mass is 35.5. The molecule has 1 unspecified atom stereocenters. The molecule has 2 amide bonds. The molecule has 9 heteroatoms. The number of carbonyl (C=O) groups excluding carboxylic acids is 2. The van der Waals surface area contributed by atoms with E-state index in [9.17, 15) is 14.9 Å². The minimum Gasteiger partial charge on any atom is -0.349 e. The number of nitriles is 1. The summed E-state index contributed by atoms with van der Waals surface area (Å²) in [6.45, 7) is 4.12. The maximum atomic E-state index is 13.3. The summed E-state index contributed by atoms with van der Waals surface area (Å²) in [5.74, 6) is -0.179. The minimum atomic E-state index is -0.0966. The Kier molecular flexibility index (Phi) is 10.1. The Balaban J connectivity index is 1.48. The second kappa shape index (κ2) is 13.7. The quantitative estimate of drug-likeness (QED) is 0.288. The van der Waals surface area contributed by atoms with Gasteiger partial charge in [-0.2, -0.15) is 5.26 Å². The standard InChI is InChI=1S/C31H33Cl2N5O2/c1-22(39)35-26-11-9-24(10-12-26)23-5-7-25(8-6-23)30(37-16-3-4-17-37)20-36(2)31(40)21-38(18-15-34)27-13-14-28(32)29(33)19-27/h5-14,19,30H,3-4,16-18,20-21H2,1-2H3,(H,35,39). The monoisotopic (exact) mass is 577 g/mol. The Morgan fingerprint density at radius 1 is 0.975 bits per heavy atom. The van der Waals surface area contributed by atoms with Gasteiger partial charge in [0, 0.05) is 31.9 Å². The van der Waals surface area contributed by atoms with Crippen molar-refractivity contribution < 1.29 is 9.59 Å². The fourth-order valence-electron chi connectivity index (χ4n) is 4.98. The van der Waals surface area contributed by atoms with E-state index in [4.69, 9.17) is 23.2 Å². The number of halogens is 2. The maximum absolute atomic E-state index is 13.3. The Morgan fingerprint density at radius 2 is 1.60 bits per heavy atom. The van der Waals surface area contributed by atoms with Crippen molar-refractivity contribution in [1.82, 2.24) is 9.80 Å². The Labute approximate surface area is 245 Å². The first-order chi connectivity index (χ1) is 19.2. The lowest BCUT2D eigenvalue weighted by Crippen LogP contribution is -2.43. The number of likely N-dealkylation sites (N-methyl/N-ethyl adjacent to an activating group) is 1. The van der Waals surface area contributed by atoms with Crippen molar-refractivity contribution in [2.45, 2.75) is 25.8 Å². The average Bonchev–Trinajstić information content (AvgIpc) is 3.48. The molecule has 1 fully saturated rings. The van der Waals surface area contributed by atoms with Gasteiger partial charge in [-0.1, -0.05) is 59.6 Å². The lowest BCUT2D eigenvalue weighted by Gasteiger charge is -2.33. The number of hydrogen-bond acceptors (Lipinski definition) is 5. The Morgan fingerprint density at radius 3 is 2.17 bits per heavy atom. The molecule has 0 spiro atoms. The van der Waals surface area contributed by atoms with E-state index in [0.29, 0.717) is 22.3 Å². The molecule has 0 saturated carbocycles. The van der Waals surface area contributed by atoms with E-state index in [2.05, 4.69) is 40.6 Å². The molecule has 1 atom stereocenters. The summed E-state index contributed by atoms with van der Waals surface area (Å²) in [5, 5.41) is 13.0. The number of rotatable bonds is 10. The highest BCUT2D eigenvalue weighted by Gasteiger charge is 2.27. The van der Waals surface area contributed by atoms with Crippen LogP contribution in [-0.2, 0) is 9.59 Å². The van der Waals surface area contributed by atoms with Crippen LogP contribution in [0.15, 0.2) is 66.7 Å². The first-order valence-electron chi connectivity index (χ1n) is 13.3. The van der Waals surface area contributed by atoms with Crippen LogP contribution >= 0.6 is 23.2 Å². The van der Waals surface area contributed by atoms with Gasteiger partial charge < -0.3 is 15.1 Å². The zero-order chi connectivity index (χ0) is 28.6. The highest BCUT2D eigenvalue weighted by molar-refractivity contribution is 6.42. The van der Waals surface area contributed by atoms with Crippen molar-refractivity contribution in [3.63, 3.8) is 0 Å². The van der Waals surface area contributed by atoms with Crippen LogP contribution in [0.1, 0.15) is 31.4 Å². The first kappa shape index (κ1) is 29.4. The van der Waals surface area contributed by atoms with E-state index in [1.807, 2.05) is 31.3 Å². The SMILES string of the molecule is CC(=O)Nc1ccc(-c2ccc(C(CN(C)C(=O)CN(CC#N)c3ccc(Cl)c(Cl)c3)N3CCCC3)cc2)cc1. The van der Waals surface area contributed by atoms with E-state index in [-0.39, 0.29) is 30.9 Å². The van der Waals surface area contributed by atoms with Crippen LogP contribution in [-0.4, -0.2) is 61.4 Å². The molecule has 1 aliphatic heterocycles. The van der Waals surface area contributed by atoms with Gasteiger partial charge in [-0.3, -0.25) is 14.5 Å². The first-order valence-corrected chi connectivity index (χ1v) is 14.0. The number of carbonyl (C=O) groups is 2. The summed E-state index contributed by atoms with van der Waals surface area (Å²) < 4.78 is 0. The third-order valence-corrected chi connectivity index (χ3v) is 7.88. The van der Waals surface area contributed by atoms with Gasteiger partial charge in [0.25, 0.3) is 0 Å². The minimum absolute atomic E-state index is 0.0559. The van der Waals surface area contributed by atoms with Gasteiger partial charge in [0.1, 0.15) is 6.54 Å². The molecule has 1 N–H and O–H groups in total. The molecule has 4 rings (SSSR count). The van der Waals surface area contributed by atoms with E-state index in [1.54, 1.807) is 28.0 Å². The van der Waals surface area contributed by atoms with Crippen LogP contribution < -0.4 is 10.2 Å². The van der Waals surface area contributed by atoms with Crippen molar-refractivity contribution >= 4 is 46.4 Å². The predicted molar refractivity (Wildman–Crippen MR) is 162 cm³/mol. The van der Waals surface area contributed by atoms with Gasteiger partial charge in [-0.15, -0.1) is 0 Å². The fraction of sp³-hybridized carbons (Fsp3) is 0.323. The van der Waals surface area contributed by atoms with E-state index < -0.39 is 0 Å². The predicted octanol–water partition coefficient (Wildman–Crippen LogP) is 6.24. The van der Waals surface area contributed by atoms with E-state index in [1.165, 1.54) is 6.92 Å². The van der Waals surface area contributed by atoms with Crippen LogP contribution in [0, 0.1) is 11.3 Å². The molecule has 1 saturated heterocycles. The number of amides is 2. The third kappa shape index (κ3) is 7.54. The fourth-order valence-corrected chi connectivity index (χ4v) is 5.28. The van der Waals surface area contributed by atoms with E-state index in [0.717, 1.165) is 48.3 Å². The van der Waals surface area contributed by atoms with Crippen LogP contribution in [0.4, 0.5) is 11.4 Å². The van der Waals surface area contributed by atoms with Crippen molar-refractivity contribution in [2.24, 2.45) is 0 Å². The van der Waals surface area contributed by atoms with Crippen molar-refractivity contribution in [3.05, 3.63) is 82.3 Å². The smallest absolute Gasteiger partial charge is 0.241 e. The highest BCUT2D eigenvalue weighted by Crippen LogP contribution is 2.30. The summed E-state index contributed by atoms with van der Waals surface area (Å²) in [5.41, 5.74) is 4.73. The number of benzene rings is 3. The molecule has 0 radical (unpaired) electrons. The van der Waals surface area contributed by atoms with Gasteiger partial charge >= 0.3 is 0 Å². The molecule has 0 bridgehead atoms. The van der Waals surface area contributed by atoms with E-state index >= 15 is 0 Å². The Bertz CT molecular complexity index is 1370. The van der Waals surface area contributed by atoms with Gasteiger partial charge in [0.15, 0.2) is 0 Å². The number of nitrogens with zero attached hydrogens (tertiary/aromatic N) is 4. The van der Waals surface area contributed by atoms with Crippen molar-refractivity contribution in [1.29, 1.82) is 5.26 Å². The summed E-state index contributed by atoms with van der Waals surface area (Å²) >= 11 is 12.2. The largest absolute Gasteiger partial charge is 0.349 e. The van der Waals surface area contributed by atoms with Crippen molar-refractivity contribution in [3.8, 4) is 17.2 Å². The second-order valence-electron chi connectivity index (χ2n) is 10.0. The molecule has 0 aromatic heterocycles. The van der Waals surface area contributed by atoms with Crippen LogP contribution in [0.25, 0.3) is 11.1 Å². The van der Waals surface area contributed by atoms with Crippen LogP contribution in [0.2, 0.25) is 10.0 Å². The number of anilines is 2. The normalized spacial score (nSPS) is 13.9. The zero-order valence-corrected chi connectivity index (χ0v) is 24.3. The summed E-state index contributed by atoms with van der Waals surface area (Å²) in [6.07, 6.45) is 2.28. The zero-order valence-electron chi connectivity index (χ0n) is 22.7. The molecule has 0 aliphatic carbocycles. The average molecular weight is 579 g/mol. The van der Waals surface area contributed by atoms with Gasteiger partial charge in [0.2, 0.25) is 11.8 Å². The van der Waals surface area contributed by atoms with Crippen molar-refractivity contribution in [2.75, 3.05) is 50.0 Å². The molecule has 208 valence electrons. The molecule has 3 aromatic rings. The molecule has 3 aromatic carbocycles. The number of likely N-dealkylation sites (tertiary alicyclic amines) is 1. The lowest BCUT2D eigenvalue weighted by molar-refractivity contribution is -0.129. The molecular weight excluding hydrogens is 545 g/mol. The Hall–Kier alpha value is -3.57. The molecule has 7 nitrogen and oxygen atoms in total. The van der Waals surface area contributed by atoms with Crippen LogP contribution in [0.5, 0.6) is 0 Å². The molecular formula is C31H33Cl2N5O2. The molecule has 1 aliphatic rings. The molecule has 40 heavy (non-hydrogen) atoms. The summed E-state index contributed by atoms with van der Waals surface area (Å²) in [7, 11) is 1.82. The van der Waals surface area contributed by atoms with Crippen LogP contribution in [0.3, 0.4) is 0 Å². The van der Waals surface area contributed by atoms with Gasteiger partial charge in [0.05, 0.1) is 28.7 Å². The lowest BCUT2D eigenvalue weighted by atomic mass is 9.99. The number of hydrogen-bond donors (Lipinski definition) is 1. The van der Waals surface area contributed by atoms with Gasteiger partial charge in [-0.05, 0) is 73.0 Å². The summed E-state index contributed by atoms with van der Waals surface area (Å²) in [4.78, 5) is 30.5. The third-order valence-electron chi connectivity index (χ3n) is 7.14. The second-order valence-corrected chi connectivity index (χ2v) is 10.8. The maximum Gasteiger partial charge on any atom is 0.241 e. The van der Waals surface area contributed by atoms with Gasteiger partial charge in [-0.25, -0.2) is 0 Å². The topological polar surface area (TPSA) is 79.7 Å². The molecule has 1 heterocycles. The summed E-state index contributed by atoms with van der Waals surface area (Å²) in [6, 6.07) is 23.6. The number of nitrogens with one attached hydrogen (secondary N) is 1.